The third kappa shape index (κ3) is 5.16. The number of carbonyl (C=O) groups excluding carboxylic acids is 2. The van der Waals surface area contributed by atoms with E-state index in [1.165, 1.54) is 7.11 Å². The number of aromatic nitrogens is 1. The molecule has 44 heavy (non-hydrogen) atoms. The first-order chi connectivity index (χ1) is 21.2. The van der Waals surface area contributed by atoms with Crippen LogP contribution >= 0.6 is 11.6 Å². The highest BCUT2D eigenvalue weighted by atomic mass is 35.5. The maximum atomic E-state index is 13.9. The molecular weight excluding hydrogens is 578 g/mol. The lowest BCUT2D eigenvalue weighted by molar-refractivity contribution is -0.0278. The van der Waals surface area contributed by atoms with Crippen LogP contribution in [0.4, 0.5) is 4.79 Å². The van der Waals surface area contributed by atoms with Gasteiger partial charge in [0.05, 0.1) is 18.2 Å². The van der Waals surface area contributed by atoms with Crippen molar-refractivity contribution in [1.29, 1.82) is 0 Å². The van der Waals surface area contributed by atoms with E-state index < -0.39 is 6.16 Å². The molecule has 1 aromatic heterocycles. The van der Waals surface area contributed by atoms with Gasteiger partial charge in [-0.3, -0.25) is 14.2 Å². The van der Waals surface area contributed by atoms with Crippen LogP contribution in [0, 0.1) is 17.8 Å². The third-order valence-electron chi connectivity index (χ3n) is 9.76. The number of amides is 1. The van der Waals surface area contributed by atoms with Crippen LogP contribution < -0.4 is 21.2 Å². The van der Waals surface area contributed by atoms with Crippen molar-refractivity contribution in [2.45, 2.75) is 50.1 Å². The van der Waals surface area contributed by atoms with Crippen LogP contribution in [0.1, 0.15) is 53.6 Å². The third-order valence-corrected chi connectivity index (χ3v) is 9.99. The molecule has 4 aliphatic rings. The molecule has 8 nitrogen and oxygen atoms in total. The number of nitrogens with two attached hydrogens (primary N) is 1. The normalized spacial score (nSPS) is 25.2. The minimum absolute atomic E-state index is 0.0456. The van der Waals surface area contributed by atoms with Gasteiger partial charge in [0.1, 0.15) is 0 Å². The quantitative estimate of drug-likeness (QED) is 0.258. The Morgan fingerprint density at radius 1 is 1.00 bits per heavy atom. The Bertz CT molecular complexity index is 1800. The van der Waals surface area contributed by atoms with Gasteiger partial charge in [0.2, 0.25) is 5.88 Å². The van der Waals surface area contributed by atoms with Crippen LogP contribution in [-0.2, 0) is 11.2 Å². The highest BCUT2D eigenvalue weighted by molar-refractivity contribution is 6.31. The van der Waals surface area contributed by atoms with Crippen molar-refractivity contribution in [2.24, 2.45) is 23.5 Å². The lowest BCUT2D eigenvalue weighted by Gasteiger charge is -2.58. The lowest BCUT2D eigenvalue weighted by Crippen LogP contribution is -2.64. The van der Waals surface area contributed by atoms with Crippen molar-refractivity contribution >= 4 is 34.6 Å². The summed E-state index contributed by atoms with van der Waals surface area (Å²) in [6.07, 6.45) is 4.59. The Morgan fingerprint density at radius 2 is 1.70 bits per heavy atom. The number of para-hydroxylation sites is 1. The van der Waals surface area contributed by atoms with E-state index in [0.717, 1.165) is 37.7 Å². The van der Waals surface area contributed by atoms with Gasteiger partial charge in [-0.05, 0) is 97.9 Å². The van der Waals surface area contributed by atoms with Gasteiger partial charge in [-0.15, -0.1) is 0 Å². The largest absolute Gasteiger partial charge is 0.514 e. The number of benzene rings is 3. The van der Waals surface area contributed by atoms with E-state index in [1.54, 1.807) is 34.9 Å². The monoisotopic (exact) mass is 611 g/mol. The summed E-state index contributed by atoms with van der Waals surface area (Å²) in [6.45, 7) is 0. The predicted octanol–water partition coefficient (Wildman–Crippen LogP) is 6.02. The van der Waals surface area contributed by atoms with E-state index in [4.69, 9.17) is 26.8 Å². The fraction of sp³-hybridized carbons (Fsp3) is 0.343. The van der Waals surface area contributed by atoms with Gasteiger partial charge in [0.25, 0.3) is 5.91 Å². The van der Waals surface area contributed by atoms with Crippen molar-refractivity contribution in [2.75, 3.05) is 7.11 Å². The molecule has 4 fully saturated rings. The highest BCUT2D eigenvalue weighted by Crippen LogP contribution is 2.54. The molecule has 1 amide bonds. The maximum absolute atomic E-state index is 13.9. The number of carbonyl (C=O) groups is 2. The molecule has 1 heterocycles. The number of rotatable bonds is 6. The van der Waals surface area contributed by atoms with E-state index in [9.17, 15) is 14.4 Å². The lowest BCUT2D eigenvalue weighted by atomic mass is 9.51. The Kier molecular flexibility index (Phi) is 7.22. The van der Waals surface area contributed by atoms with Crippen molar-refractivity contribution in [3.63, 3.8) is 0 Å². The van der Waals surface area contributed by atoms with Gasteiger partial charge < -0.3 is 20.5 Å². The Morgan fingerprint density at radius 3 is 2.36 bits per heavy atom. The molecule has 8 rings (SSSR count). The molecule has 3 unspecified atom stereocenters. The fourth-order valence-corrected chi connectivity index (χ4v) is 8.30. The molecule has 4 bridgehead atoms. The van der Waals surface area contributed by atoms with Crippen LogP contribution in [0.25, 0.3) is 16.6 Å². The maximum Gasteiger partial charge on any atom is 0.514 e. The topological polar surface area (TPSA) is 113 Å². The molecule has 0 saturated heterocycles. The van der Waals surface area contributed by atoms with E-state index in [0.29, 0.717) is 44.9 Å². The van der Waals surface area contributed by atoms with Gasteiger partial charge in [-0.25, -0.2) is 4.79 Å². The standard InChI is InChI=1S/C35H34ClN3O5/c1-43-34(42)44-33-28(31(40)27-12-11-25(36)16-29(27)39(33)26-5-3-2-4-6-26)15-20-7-9-22(10-8-20)32(41)38-30-23-13-21-14-24(30)19-35(37,17-21)18-23/h2-12,16,21,23-24,30H,13-15,17-19,37H2,1H3,(H,38,41)/t21?,23-,24+,30?,35?. The number of halogens is 1. The van der Waals surface area contributed by atoms with Gasteiger partial charge in [-0.1, -0.05) is 41.9 Å². The van der Waals surface area contributed by atoms with Crippen LogP contribution in [0.3, 0.4) is 0 Å². The molecule has 0 aliphatic heterocycles. The van der Waals surface area contributed by atoms with Crippen LogP contribution in [0.5, 0.6) is 5.88 Å². The number of hydrogen-bond donors (Lipinski definition) is 2. The SMILES string of the molecule is COC(=O)Oc1c(Cc2ccc(C(=O)NC3[C@@H]4CC5C[C@H]3CC(N)(C5)C4)cc2)c(=O)c2ccc(Cl)cc2n1-c1ccccc1. The van der Waals surface area contributed by atoms with E-state index in [2.05, 4.69) is 5.32 Å². The molecule has 4 saturated carbocycles. The Balaban J connectivity index is 1.21. The molecule has 0 radical (unpaired) electrons. The number of ether oxygens (including phenoxy) is 2. The second-order valence-electron chi connectivity index (χ2n) is 12.7. The van der Waals surface area contributed by atoms with Gasteiger partial charge in [0, 0.05) is 39.7 Å². The molecule has 226 valence electrons. The zero-order valence-corrected chi connectivity index (χ0v) is 25.2. The highest BCUT2D eigenvalue weighted by Gasteiger charge is 2.54. The Labute approximate surface area is 260 Å². The summed E-state index contributed by atoms with van der Waals surface area (Å²) in [6, 6.07) is 21.7. The molecule has 5 atom stereocenters. The van der Waals surface area contributed by atoms with Crippen molar-refractivity contribution in [3.8, 4) is 11.6 Å². The van der Waals surface area contributed by atoms with E-state index in [1.807, 2.05) is 42.5 Å². The first kappa shape index (κ1) is 28.6. The van der Waals surface area contributed by atoms with Crippen molar-refractivity contribution < 1.29 is 19.1 Å². The molecular formula is C35H34ClN3O5. The molecule has 3 aromatic carbocycles. The smallest absolute Gasteiger partial charge is 0.437 e. The van der Waals surface area contributed by atoms with Gasteiger partial charge >= 0.3 is 6.16 Å². The second kappa shape index (κ2) is 11.1. The molecule has 4 aromatic rings. The summed E-state index contributed by atoms with van der Waals surface area (Å²) in [5, 5.41) is 4.19. The fourth-order valence-electron chi connectivity index (χ4n) is 8.14. The number of methoxy groups -OCH3 is 1. The second-order valence-corrected chi connectivity index (χ2v) is 13.1. The van der Waals surface area contributed by atoms with E-state index >= 15 is 0 Å². The summed E-state index contributed by atoms with van der Waals surface area (Å²) in [7, 11) is 1.21. The average Bonchev–Trinajstić information content (AvgIpc) is 3.00. The first-order valence-electron chi connectivity index (χ1n) is 15.1. The average molecular weight is 612 g/mol. The molecule has 4 aliphatic carbocycles. The number of pyridine rings is 1. The summed E-state index contributed by atoms with van der Waals surface area (Å²) < 4.78 is 12.2. The molecule has 3 N–H and O–H groups in total. The Hall–Kier alpha value is -4.14. The van der Waals surface area contributed by atoms with Gasteiger partial charge in [-0.2, -0.15) is 0 Å². The summed E-state index contributed by atoms with van der Waals surface area (Å²) in [4.78, 5) is 39.7. The number of nitrogens with one attached hydrogen (secondary N) is 1. The minimum atomic E-state index is -0.950. The zero-order chi connectivity index (χ0) is 30.6. The number of fused-ring (bicyclic) bond motifs is 1. The van der Waals surface area contributed by atoms with Crippen molar-refractivity contribution in [1.82, 2.24) is 9.88 Å². The van der Waals surface area contributed by atoms with Gasteiger partial charge in [0.15, 0.2) is 5.43 Å². The number of hydrogen-bond acceptors (Lipinski definition) is 6. The van der Waals surface area contributed by atoms with Crippen LogP contribution in [0.15, 0.2) is 77.6 Å². The van der Waals surface area contributed by atoms with Crippen molar-refractivity contribution in [3.05, 3.63) is 105 Å². The summed E-state index contributed by atoms with van der Waals surface area (Å²) in [5.74, 6) is 1.53. The first-order valence-corrected chi connectivity index (χ1v) is 15.5. The van der Waals surface area contributed by atoms with Crippen LogP contribution in [-0.4, -0.2) is 35.3 Å². The predicted molar refractivity (Wildman–Crippen MR) is 169 cm³/mol. The molecule has 9 heteroatoms. The zero-order valence-electron chi connectivity index (χ0n) is 24.4. The minimum Gasteiger partial charge on any atom is -0.437 e. The molecule has 0 spiro atoms. The van der Waals surface area contributed by atoms with E-state index in [-0.39, 0.29) is 40.8 Å². The summed E-state index contributed by atoms with van der Waals surface area (Å²) in [5.41, 5.74) is 9.11. The van der Waals surface area contributed by atoms with Crippen LogP contribution in [0.2, 0.25) is 5.02 Å². The summed E-state index contributed by atoms with van der Waals surface area (Å²) >= 11 is 6.34. The number of nitrogens with zero attached hydrogens (tertiary/aromatic N) is 1.